The SMILES string of the molecule is O=C(c1ccccc1)c1cc(F)c(Br)cc1F. The summed E-state index contributed by atoms with van der Waals surface area (Å²) in [7, 11) is 0. The molecular formula is C13H7BrF2O. The van der Waals surface area contributed by atoms with Crippen molar-refractivity contribution in [2.75, 3.05) is 0 Å². The van der Waals surface area contributed by atoms with Crippen LogP contribution in [0.5, 0.6) is 0 Å². The highest BCUT2D eigenvalue weighted by atomic mass is 79.9. The minimum atomic E-state index is -0.743. The molecule has 1 nitrogen and oxygen atoms in total. The fraction of sp³-hybridized carbons (Fsp3) is 0. The van der Waals surface area contributed by atoms with Gasteiger partial charge in [-0.05, 0) is 28.1 Å². The summed E-state index contributed by atoms with van der Waals surface area (Å²) in [5, 5.41) is 0. The van der Waals surface area contributed by atoms with Crippen molar-refractivity contribution in [3.63, 3.8) is 0 Å². The van der Waals surface area contributed by atoms with Crippen molar-refractivity contribution in [2.45, 2.75) is 0 Å². The minimum Gasteiger partial charge on any atom is -0.288 e. The lowest BCUT2D eigenvalue weighted by Crippen LogP contribution is -2.05. The predicted molar refractivity (Wildman–Crippen MR) is 63.9 cm³/mol. The number of carbonyl (C=O) groups is 1. The molecule has 0 heterocycles. The largest absolute Gasteiger partial charge is 0.288 e. The fourth-order valence-corrected chi connectivity index (χ4v) is 1.76. The molecule has 17 heavy (non-hydrogen) atoms. The third-order valence-electron chi connectivity index (χ3n) is 2.29. The number of carbonyl (C=O) groups excluding carboxylic acids is 1. The normalized spacial score (nSPS) is 10.3. The summed E-state index contributed by atoms with van der Waals surface area (Å²) in [4.78, 5) is 11.9. The molecule has 0 atom stereocenters. The molecule has 0 radical (unpaired) electrons. The third kappa shape index (κ3) is 2.42. The van der Waals surface area contributed by atoms with Crippen molar-refractivity contribution < 1.29 is 13.6 Å². The van der Waals surface area contributed by atoms with E-state index in [1.54, 1.807) is 30.3 Å². The molecule has 0 saturated carbocycles. The van der Waals surface area contributed by atoms with E-state index in [1.165, 1.54) is 0 Å². The first-order valence-corrected chi connectivity index (χ1v) is 5.63. The van der Waals surface area contributed by atoms with E-state index in [2.05, 4.69) is 15.9 Å². The van der Waals surface area contributed by atoms with Gasteiger partial charge in [-0.2, -0.15) is 0 Å². The molecule has 0 aliphatic heterocycles. The van der Waals surface area contributed by atoms with Gasteiger partial charge < -0.3 is 0 Å². The molecule has 0 spiro atoms. The molecule has 2 aromatic rings. The summed E-state index contributed by atoms with van der Waals surface area (Å²) in [6.07, 6.45) is 0. The second kappa shape index (κ2) is 4.75. The van der Waals surface area contributed by atoms with Gasteiger partial charge in [0.2, 0.25) is 0 Å². The molecule has 0 amide bonds. The van der Waals surface area contributed by atoms with Crippen LogP contribution in [0.1, 0.15) is 15.9 Å². The zero-order valence-electron chi connectivity index (χ0n) is 8.58. The van der Waals surface area contributed by atoms with Crippen LogP contribution in [0.3, 0.4) is 0 Å². The zero-order valence-corrected chi connectivity index (χ0v) is 10.2. The van der Waals surface area contributed by atoms with Gasteiger partial charge in [-0.25, -0.2) is 8.78 Å². The minimum absolute atomic E-state index is 0.000360. The van der Waals surface area contributed by atoms with Crippen molar-refractivity contribution in [3.05, 3.63) is 69.7 Å². The van der Waals surface area contributed by atoms with Gasteiger partial charge in [0.15, 0.2) is 5.78 Å². The van der Waals surface area contributed by atoms with Gasteiger partial charge in [-0.15, -0.1) is 0 Å². The van der Waals surface area contributed by atoms with E-state index < -0.39 is 17.4 Å². The van der Waals surface area contributed by atoms with Crippen LogP contribution in [0.25, 0.3) is 0 Å². The van der Waals surface area contributed by atoms with E-state index >= 15 is 0 Å². The van der Waals surface area contributed by atoms with E-state index in [0.29, 0.717) is 5.56 Å². The number of rotatable bonds is 2. The van der Waals surface area contributed by atoms with Crippen molar-refractivity contribution >= 4 is 21.7 Å². The van der Waals surface area contributed by atoms with E-state index in [1.807, 2.05) is 0 Å². The smallest absolute Gasteiger partial charge is 0.196 e. The topological polar surface area (TPSA) is 17.1 Å². The first-order chi connectivity index (χ1) is 8.09. The van der Waals surface area contributed by atoms with Crippen LogP contribution in [0.4, 0.5) is 8.78 Å². The molecule has 0 N–H and O–H groups in total. The molecule has 2 rings (SSSR count). The van der Waals surface area contributed by atoms with Crippen LogP contribution in [0.15, 0.2) is 46.9 Å². The summed E-state index contributed by atoms with van der Waals surface area (Å²) >= 11 is 2.86. The maximum atomic E-state index is 13.5. The van der Waals surface area contributed by atoms with Crippen LogP contribution < -0.4 is 0 Å². The molecular weight excluding hydrogens is 290 g/mol. The second-order valence-corrected chi connectivity index (χ2v) is 4.30. The third-order valence-corrected chi connectivity index (χ3v) is 2.90. The Morgan fingerprint density at radius 2 is 1.65 bits per heavy atom. The van der Waals surface area contributed by atoms with Gasteiger partial charge in [0.05, 0.1) is 10.0 Å². The number of hydrogen-bond acceptors (Lipinski definition) is 1. The highest BCUT2D eigenvalue weighted by molar-refractivity contribution is 9.10. The summed E-state index contributed by atoms with van der Waals surface area (Å²) < 4.78 is 26.8. The van der Waals surface area contributed by atoms with Crippen molar-refractivity contribution in [3.8, 4) is 0 Å². The number of halogens is 3. The Balaban J connectivity index is 2.48. The Morgan fingerprint density at radius 3 is 2.29 bits per heavy atom. The van der Waals surface area contributed by atoms with Gasteiger partial charge in [0, 0.05) is 5.56 Å². The Labute approximate surface area is 105 Å². The fourth-order valence-electron chi connectivity index (χ4n) is 1.44. The van der Waals surface area contributed by atoms with Crippen LogP contribution in [0, 0.1) is 11.6 Å². The lowest BCUT2D eigenvalue weighted by molar-refractivity contribution is 0.103. The zero-order chi connectivity index (χ0) is 12.4. The predicted octanol–water partition coefficient (Wildman–Crippen LogP) is 3.96. The number of hydrogen-bond donors (Lipinski definition) is 0. The molecule has 86 valence electrons. The van der Waals surface area contributed by atoms with E-state index in [4.69, 9.17) is 0 Å². The second-order valence-electron chi connectivity index (χ2n) is 3.44. The molecule has 0 aliphatic rings. The summed E-state index contributed by atoms with van der Waals surface area (Å²) in [6, 6.07) is 10.0. The Hall–Kier alpha value is -1.55. The van der Waals surface area contributed by atoms with Gasteiger partial charge in [0.1, 0.15) is 11.6 Å². The molecule has 4 heteroatoms. The van der Waals surface area contributed by atoms with Crippen molar-refractivity contribution in [1.82, 2.24) is 0 Å². The Bertz CT molecular complexity index is 567. The quantitative estimate of drug-likeness (QED) is 0.606. The van der Waals surface area contributed by atoms with Crippen LogP contribution in [-0.4, -0.2) is 5.78 Å². The standard InChI is InChI=1S/C13H7BrF2O/c14-10-7-11(15)9(6-12(10)16)13(17)8-4-2-1-3-5-8/h1-7H. The molecule has 0 unspecified atom stereocenters. The highest BCUT2D eigenvalue weighted by Gasteiger charge is 2.16. The van der Waals surface area contributed by atoms with Gasteiger partial charge in [0.25, 0.3) is 0 Å². The number of benzene rings is 2. The van der Waals surface area contributed by atoms with Gasteiger partial charge in [-0.1, -0.05) is 30.3 Å². The summed E-state index contributed by atoms with van der Waals surface area (Å²) in [6.45, 7) is 0. The monoisotopic (exact) mass is 296 g/mol. The molecule has 0 bridgehead atoms. The molecule has 0 aliphatic carbocycles. The lowest BCUT2D eigenvalue weighted by atomic mass is 10.0. The van der Waals surface area contributed by atoms with Crippen molar-refractivity contribution in [1.29, 1.82) is 0 Å². The first kappa shape index (κ1) is 11.9. The van der Waals surface area contributed by atoms with E-state index in [0.717, 1.165) is 12.1 Å². The Kier molecular flexibility index (Phi) is 3.33. The average molecular weight is 297 g/mol. The van der Waals surface area contributed by atoms with Crippen LogP contribution in [-0.2, 0) is 0 Å². The highest BCUT2D eigenvalue weighted by Crippen LogP contribution is 2.21. The molecule has 2 aromatic carbocycles. The maximum Gasteiger partial charge on any atom is 0.196 e. The lowest BCUT2D eigenvalue weighted by Gasteiger charge is -2.04. The Morgan fingerprint density at radius 1 is 1.00 bits per heavy atom. The maximum absolute atomic E-state index is 13.5. The van der Waals surface area contributed by atoms with Gasteiger partial charge >= 0.3 is 0 Å². The summed E-state index contributed by atoms with van der Waals surface area (Å²) in [5.41, 5.74) is 0.0602. The first-order valence-electron chi connectivity index (χ1n) is 4.84. The molecule has 0 fully saturated rings. The van der Waals surface area contributed by atoms with Gasteiger partial charge in [-0.3, -0.25) is 4.79 Å². The van der Waals surface area contributed by atoms with Crippen LogP contribution >= 0.6 is 15.9 Å². The van der Waals surface area contributed by atoms with Crippen LogP contribution in [0.2, 0.25) is 0 Å². The summed E-state index contributed by atoms with van der Waals surface area (Å²) in [5.74, 6) is -1.94. The number of ketones is 1. The van der Waals surface area contributed by atoms with E-state index in [-0.39, 0.29) is 10.0 Å². The van der Waals surface area contributed by atoms with E-state index in [9.17, 15) is 13.6 Å². The van der Waals surface area contributed by atoms with Crippen molar-refractivity contribution in [2.24, 2.45) is 0 Å². The average Bonchev–Trinajstić information content (AvgIpc) is 2.34. The molecule has 0 aromatic heterocycles. The molecule has 0 saturated heterocycles.